The molecule has 1 N–H and O–H groups in total. The maximum Gasteiger partial charge on any atom is 0.244 e. The van der Waals surface area contributed by atoms with Crippen molar-refractivity contribution in [1.82, 2.24) is 9.29 Å². The second-order valence-corrected chi connectivity index (χ2v) is 9.94. The molecule has 0 bridgehead atoms. The van der Waals surface area contributed by atoms with Crippen molar-refractivity contribution in [2.75, 3.05) is 43.1 Å². The third-order valence-electron chi connectivity index (χ3n) is 5.57. The molecule has 0 radical (unpaired) electrons. The van der Waals surface area contributed by atoms with E-state index in [4.69, 9.17) is 4.74 Å². The van der Waals surface area contributed by atoms with Gasteiger partial charge in [0.25, 0.3) is 0 Å². The molecule has 1 fully saturated rings. The third kappa shape index (κ3) is 3.93. The average molecular weight is 445 g/mol. The zero-order chi connectivity index (χ0) is 22.2. The SMILES string of the molecule is CC1(C)C(=O)N(CC(=O)Nc2cccnc2)c2ccc(S(=O)(=O)N3CCOCC3)cc21. The molecule has 0 atom stereocenters. The van der Waals surface area contributed by atoms with Crippen LogP contribution in [-0.4, -0.2) is 62.4 Å². The molecule has 0 aliphatic carbocycles. The minimum absolute atomic E-state index is 0.135. The average Bonchev–Trinajstić information content (AvgIpc) is 2.95. The molecule has 10 heteroatoms. The Morgan fingerprint density at radius 3 is 2.65 bits per heavy atom. The van der Waals surface area contributed by atoms with Crippen LogP contribution in [0.3, 0.4) is 0 Å². The van der Waals surface area contributed by atoms with Crippen LogP contribution in [0, 0.1) is 0 Å². The van der Waals surface area contributed by atoms with Crippen molar-refractivity contribution in [2.24, 2.45) is 0 Å². The van der Waals surface area contributed by atoms with Gasteiger partial charge in [-0.25, -0.2) is 8.42 Å². The number of morpholine rings is 1. The van der Waals surface area contributed by atoms with Gasteiger partial charge >= 0.3 is 0 Å². The number of hydrogen-bond acceptors (Lipinski definition) is 6. The van der Waals surface area contributed by atoms with Gasteiger partial charge in [-0.2, -0.15) is 4.31 Å². The van der Waals surface area contributed by atoms with E-state index in [1.165, 1.54) is 21.5 Å². The predicted octanol–water partition coefficient (Wildman–Crippen LogP) is 1.37. The molecule has 4 rings (SSSR count). The number of rotatable bonds is 5. The fraction of sp³-hybridized carbons (Fsp3) is 0.381. The first-order chi connectivity index (χ1) is 14.7. The summed E-state index contributed by atoms with van der Waals surface area (Å²) in [7, 11) is -3.70. The molecule has 3 heterocycles. The Hall–Kier alpha value is -2.82. The molecule has 9 nitrogen and oxygen atoms in total. The van der Waals surface area contributed by atoms with Crippen molar-refractivity contribution in [1.29, 1.82) is 0 Å². The van der Waals surface area contributed by atoms with Crippen LogP contribution < -0.4 is 10.2 Å². The summed E-state index contributed by atoms with van der Waals surface area (Å²) < 4.78 is 32.7. The van der Waals surface area contributed by atoms with Gasteiger partial charge in [0.15, 0.2) is 0 Å². The van der Waals surface area contributed by atoms with Crippen LogP contribution in [0.1, 0.15) is 19.4 Å². The number of nitrogens with one attached hydrogen (secondary N) is 1. The number of hydrogen-bond donors (Lipinski definition) is 1. The summed E-state index contributed by atoms with van der Waals surface area (Å²) >= 11 is 0. The highest BCUT2D eigenvalue weighted by Crippen LogP contribution is 2.42. The standard InChI is InChI=1S/C21H24N4O5S/c1-21(2)17-12-16(31(28,29)24-8-10-30-11-9-24)5-6-18(17)25(20(21)27)14-19(26)23-15-4-3-7-22-13-15/h3-7,12-13H,8-11,14H2,1-2H3,(H,23,26). The van der Waals surface area contributed by atoms with E-state index < -0.39 is 15.4 Å². The summed E-state index contributed by atoms with van der Waals surface area (Å²) in [6, 6.07) is 8.05. The minimum Gasteiger partial charge on any atom is -0.379 e. The van der Waals surface area contributed by atoms with Gasteiger partial charge in [-0.3, -0.25) is 14.6 Å². The first-order valence-corrected chi connectivity index (χ1v) is 11.4. The largest absolute Gasteiger partial charge is 0.379 e. The Morgan fingerprint density at radius 2 is 1.97 bits per heavy atom. The van der Waals surface area contributed by atoms with Crippen molar-refractivity contribution in [3.05, 3.63) is 48.3 Å². The Labute approximate surface area is 181 Å². The van der Waals surface area contributed by atoms with Gasteiger partial charge in [0.1, 0.15) is 6.54 Å². The smallest absolute Gasteiger partial charge is 0.244 e. The number of anilines is 2. The maximum atomic E-state index is 13.1. The molecule has 2 aromatic rings. The Bertz CT molecular complexity index is 1110. The van der Waals surface area contributed by atoms with E-state index in [-0.39, 0.29) is 23.3 Å². The molecule has 1 saturated heterocycles. The number of aromatic nitrogens is 1. The van der Waals surface area contributed by atoms with Crippen LogP contribution in [-0.2, 0) is 29.8 Å². The Balaban J connectivity index is 1.61. The molecule has 31 heavy (non-hydrogen) atoms. The van der Waals surface area contributed by atoms with E-state index in [0.29, 0.717) is 43.2 Å². The lowest BCUT2D eigenvalue weighted by Gasteiger charge is -2.26. The molecule has 164 valence electrons. The summed E-state index contributed by atoms with van der Waals surface area (Å²) in [5, 5.41) is 2.72. The first kappa shape index (κ1) is 21.4. The van der Waals surface area contributed by atoms with Crippen LogP contribution in [0.4, 0.5) is 11.4 Å². The van der Waals surface area contributed by atoms with E-state index in [1.54, 1.807) is 44.3 Å². The highest BCUT2D eigenvalue weighted by atomic mass is 32.2. The minimum atomic E-state index is -3.70. The molecule has 0 saturated carbocycles. The van der Waals surface area contributed by atoms with Gasteiger partial charge in [0.2, 0.25) is 21.8 Å². The number of amides is 2. The van der Waals surface area contributed by atoms with Gasteiger partial charge in [-0.1, -0.05) is 0 Å². The highest BCUT2D eigenvalue weighted by molar-refractivity contribution is 7.89. The van der Waals surface area contributed by atoms with E-state index >= 15 is 0 Å². The number of nitrogens with zero attached hydrogens (tertiary/aromatic N) is 3. The topological polar surface area (TPSA) is 109 Å². The molecular formula is C21H24N4O5S. The van der Waals surface area contributed by atoms with Crippen LogP contribution in [0.2, 0.25) is 0 Å². The van der Waals surface area contributed by atoms with Crippen LogP contribution in [0.15, 0.2) is 47.6 Å². The number of sulfonamides is 1. The van der Waals surface area contributed by atoms with Crippen LogP contribution >= 0.6 is 0 Å². The van der Waals surface area contributed by atoms with Crippen molar-refractivity contribution < 1.29 is 22.7 Å². The number of ether oxygens (including phenoxy) is 1. The molecule has 1 aromatic carbocycles. The number of benzene rings is 1. The van der Waals surface area contributed by atoms with Gasteiger partial charge in [0.05, 0.1) is 35.4 Å². The molecule has 2 amide bonds. The summed E-state index contributed by atoms with van der Waals surface area (Å²) in [4.78, 5) is 31.1. The predicted molar refractivity (Wildman–Crippen MR) is 114 cm³/mol. The van der Waals surface area contributed by atoms with Gasteiger partial charge < -0.3 is 15.0 Å². The quantitative estimate of drug-likeness (QED) is 0.746. The number of fused-ring (bicyclic) bond motifs is 1. The van der Waals surface area contributed by atoms with Crippen molar-refractivity contribution in [3.63, 3.8) is 0 Å². The van der Waals surface area contributed by atoms with E-state index in [1.807, 2.05) is 0 Å². The first-order valence-electron chi connectivity index (χ1n) is 9.95. The third-order valence-corrected chi connectivity index (χ3v) is 7.46. The van der Waals surface area contributed by atoms with E-state index in [9.17, 15) is 18.0 Å². The van der Waals surface area contributed by atoms with Crippen LogP contribution in [0.25, 0.3) is 0 Å². The summed E-state index contributed by atoms with van der Waals surface area (Å²) in [5.41, 5.74) is 0.698. The summed E-state index contributed by atoms with van der Waals surface area (Å²) in [6.07, 6.45) is 3.12. The molecular weight excluding hydrogens is 420 g/mol. The number of pyridine rings is 1. The normalized spacial score (nSPS) is 18.6. The second-order valence-electron chi connectivity index (χ2n) is 8.00. The van der Waals surface area contributed by atoms with Gasteiger partial charge in [-0.15, -0.1) is 0 Å². The fourth-order valence-corrected chi connectivity index (χ4v) is 5.28. The van der Waals surface area contributed by atoms with E-state index in [0.717, 1.165) is 0 Å². The lowest BCUT2D eigenvalue weighted by atomic mass is 9.86. The molecule has 2 aliphatic heterocycles. The van der Waals surface area contributed by atoms with Crippen LogP contribution in [0.5, 0.6) is 0 Å². The molecule has 0 unspecified atom stereocenters. The fourth-order valence-electron chi connectivity index (χ4n) is 3.85. The van der Waals surface area contributed by atoms with Crippen molar-refractivity contribution in [3.8, 4) is 0 Å². The lowest BCUT2D eigenvalue weighted by molar-refractivity contribution is -0.124. The second kappa shape index (κ2) is 8.03. The molecule has 2 aliphatic rings. The lowest BCUT2D eigenvalue weighted by Crippen LogP contribution is -2.41. The Morgan fingerprint density at radius 1 is 1.23 bits per heavy atom. The molecule has 1 aromatic heterocycles. The van der Waals surface area contributed by atoms with Gasteiger partial charge in [-0.05, 0) is 49.7 Å². The number of carbonyl (C=O) groups excluding carboxylic acids is 2. The number of carbonyl (C=O) groups is 2. The summed E-state index contributed by atoms with van der Waals surface area (Å²) in [5.74, 6) is -0.625. The van der Waals surface area contributed by atoms with E-state index in [2.05, 4.69) is 10.3 Å². The maximum absolute atomic E-state index is 13.1. The zero-order valence-corrected chi connectivity index (χ0v) is 18.2. The van der Waals surface area contributed by atoms with Gasteiger partial charge in [0, 0.05) is 25.0 Å². The molecule has 0 spiro atoms. The highest BCUT2D eigenvalue weighted by Gasteiger charge is 2.45. The van der Waals surface area contributed by atoms with Crippen molar-refractivity contribution >= 4 is 33.2 Å². The zero-order valence-electron chi connectivity index (χ0n) is 17.4. The summed E-state index contributed by atoms with van der Waals surface area (Å²) in [6.45, 7) is 4.59. The van der Waals surface area contributed by atoms with Crippen molar-refractivity contribution in [2.45, 2.75) is 24.2 Å². The monoisotopic (exact) mass is 444 g/mol. The Kier molecular flexibility index (Phi) is 5.54.